The van der Waals surface area contributed by atoms with Crippen LogP contribution in [0.1, 0.15) is 41.4 Å². The van der Waals surface area contributed by atoms with Gasteiger partial charge >= 0.3 is 5.97 Å². The molecule has 1 unspecified atom stereocenters. The number of aromatic nitrogens is 1. The summed E-state index contributed by atoms with van der Waals surface area (Å²) in [5, 5.41) is 2.06. The van der Waals surface area contributed by atoms with Gasteiger partial charge in [-0.15, -0.1) is 11.3 Å². The first-order chi connectivity index (χ1) is 14.5. The SMILES string of the molecule is CCOC(=O)C1CCCN(C(=O)c2cc3scc(Br)c3n2Cc2cccc(C)c2)C1. The van der Waals surface area contributed by atoms with Crippen LogP contribution in [0.15, 0.2) is 40.2 Å². The molecule has 2 aromatic heterocycles. The van der Waals surface area contributed by atoms with E-state index >= 15 is 0 Å². The van der Waals surface area contributed by atoms with Crippen LogP contribution in [-0.2, 0) is 16.1 Å². The van der Waals surface area contributed by atoms with Crippen molar-refractivity contribution in [1.82, 2.24) is 9.47 Å². The minimum Gasteiger partial charge on any atom is -0.466 e. The van der Waals surface area contributed by atoms with Gasteiger partial charge in [0.1, 0.15) is 5.69 Å². The molecule has 0 aliphatic carbocycles. The highest BCUT2D eigenvalue weighted by atomic mass is 79.9. The van der Waals surface area contributed by atoms with E-state index in [-0.39, 0.29) is 17.8 Å². The normalized spacial score (nSPS) is 16.8. The van der Waals surface area contributed by atoms with E-state index in [0.29, 0.717) is 31.9 Å². The fraction of sp³-hybridized carbons (Fsp3) is 0.391. The summed E-state index contributed by atoms with van der Waals surface area (Å²) < 4.78 is 9.37. The molecule has 0 N–H and O–H groups in total. The van der Waals surface area contributed by atoms with Crippen molar-refractivity contribution >= 4 is 49.4 Å². The van der Waals surface area contributed by atoms with Crippen LogP contribution >= 0.6 is 27.3 Å². The Labute approximate surface area is 188 Å². The van der Waals surface area contributed by atoms with Gasteiger partial charge in [0, 0.05) is 25.0 Å². The molecule has 3 aromatic rings. The van der Waals surface area contributed by atoms with E-state index in [4.69, 9.17) is 4.74 Å². The summed E-state index contributed by atoms with van der Waals surface area (Å²) in [5.74, 6) is -0.462. The number of fused-ring (bicyclic) bond motifs is 1. The van der Waals surface area contributed by atoms with Crippen LogP contribution in [0.3, 0.4) is 0 Å². The number of carbonyl (C=O) groups is 2. The standard InChI is InChI=1S/C23H25BrN2O3S/c1-3-29-23(28)17-8-5-9-25(13-17)22(27)19-11-20-21(18(24)14-30-20)26(19)12-16-7-4-6-15(2)10-16/h4,6-7,10-11,14,17H,3,5,8-9,12-13H2,1-2H3. The molecule has 0 spiro atoms. The van der Waals surface area contributed by atoms with Gasteiger partial charge in [-0.1, -0.05) is 29.8 Å². The summed E-state index contributed by atoms with van der Waals surface area (Å²) >= 11 is 5.28. The largest absolute Gasteiger partial charge is 0.466 e. The molecule has 0 bridgehead atoms. The van der Waals surface area contributed by atoms with Crippen molar-refractivity contribution in [2.24, 2.45) is 5.92 Å². The highest BCUT2D eigenvalue weighted by Gasteiger charge is 2.31. The van der Waals surface area contributed by atoms with Crippen LogP contribution < -0.4 is 0 Å². The van der Waals surface area contributed by atoms with Crippen molar-refractivity contribution in [3.05, 3.63) is 57.0 Å². The average Bonchev–Trinajstić information content (AvgIpc) is 3.28. The van der Waals surface area contributed by atoms with E-state index in [1.807, 2.05) is 24.0 Å². The summed E-state index contributed by atoms with van der Waals surface area (Å²) in [6.45, 7) is 5.96. The van der Waals surface area contributed by atoms with Crippen molar-refractivity contribution in [2.75, 3.05) is 19.7 Å². The predicted octanol–water partition coefficient (Wildman–Crippen LogP) is 5.24. The van der Waals surface area contributed by atoms with Gasteiger partial charge in [0.05, 0.1) is 27.2 Å². The van der Waals surface area contributed by atoms with Crippen LogP contribution in [0.2, 0.25) is 0 Å². The Kier molecular flexibility index (Phi) is 6.29. The fourth-order valence-electron chi connectivity index (χ4n) is 4.14. The second kappa shape index (κ2) is 8.94. The molecule has 3 heterocycles. The lowest BCUT2D eigenvalue weighted by Gasteiger charge is -2.31. The van der Waals surface area contributed by atoms with Gasteiger partial charge in [-0.2, -0.15) is 0 Å². The van der Waals surface area contributed by atoms with E-state index in [0.717, 1.165) is 33.1 Å². The molecule has 1 atom stereocenters. The van der Waals surface area contributed by atoms with E-state index in [1.165, 1.54) is 5.56 Å². The maximum Gasteiger partial charge on any atom is 0.310 e. The molecule has 1 saturated heterocycles. The van der Waals surface area contributed by atoms with Gasteiger partial charge in [0.15, 0.2) is 0 Å². The molecule has 1 aromatic carbocycles. The first-order valence-corrected chi connectivity index (χ1v) is 11.9. The number of benzene rings is 1. The van der Waals surface area contributed by atoms with E-state index < -0.39 is 0 Å². The summed E-state index contributed by atoms with van der Waals surface area (Å²) in [5.41, 5.74) is 4.07. The Morgan fingerprint density at radius 1 is 1.30 bits per heavy atom. The molecule has 5 nitrogen and oxygen atoms in total. The van der Waals surface area contributed by atoms with Gasteiger partial charge in [-0.05, 0) is 54.2 Å². The number of hydrogen-bond donors (Lipinski definition) is 0. The zero-order valence-corrected chi connectivity index (χ0v) is 19.6. The van der Waals surface area contributed by atoms with E-state index in [9.17, 15) is 9.59 Å². The summed E-state index contributed by atoms with van der Waals surface area (Å²) in [6, 6.07) is 10.3. The molecular formula is C23H25BrN2O3S. The summed E-state index contributed by atoms with van der Waals surface area (Å²) in [7, 11) is 0. The van der Waals surface area contributed by atoms with Crippen molar-refractivity contribution < 1.29 is 14.3 Å². The fourth-order valence-corrected chi connectivity index (χ4v) is 5.83. The number of carbonyl (C=O) groups excluding carboxylic acids is 2. The number of halogens is 1. The maximum absolute atomic E-state index is 13.5. The Balaban J connectivity index is 1.66. The minimum atomic E-state index is -0.240. The number of aryl methyl sites for hydroxylation is 1. The van der Waals surface area contributed by atoms with Gasteiger partial charge in [-0.3, -0.25) is 9.59 Å². The third-order valence-electron chi connectivity index (χ3n) is 5.55. The number of amides is 1. The van der Waals surface area contributed by atoms with Crippen molar-refractivity contribution in [2.45, 2.75) is 33.2 Å². The van der Waals surface area contributed by atoms with Gasteiger partial charge in [0.2, 0.25) is 0 Å². The van der Waals surface area contributed by atoms with Crippen LogP contribution in [0.5, 0.6) is 0 Å². The monoisotopic (exact) mass is 488 g/mol. The van der Waals surface area contributed by atoms with Gasteiger partial charge in [0.25, 0.3) is 5.91 Å². The highest BCUT2D eigenvalue weighted by Crippen LogP contribution is 2.34. The van der Waals surface area contributed by atoms with Crippen molar-refractivity contribution in [3.8, 4) is 0 Å². The molecule has 30 heavy (non-hydrogen) atoms. The highest BCUT2D eigenvalue weighted by molar-refractivity contribution is 9.10. The zero-order valence-electron chi connectivity index (χ0n) is 17.2. The number of hydrogen-bond acceptors (Lipinski definition) is 4. The molecular weight excluding hydrogens is 464 g/mol. The molecule has 1 aliphatic rings. The second-order valence-electron chi connectivity index (χ2n) is 7.74. The number of ether oxygens (including phenoxy) is 1. The average molecular weight is 489 g/mol. The number of nitrogens with zero attached hydrogens (tertiary/aromatic N) is 2. The van der Waals surface area contributed by atoms with Crippen LogP contribution in [0, 0.1) is 12.8 Å². The quantitative estimate of drug-likeness (QED) is 0.461. The Hall–Kier alpha value is -2.12. The lowest BCUT2D eigenvalue weighted by molar-refractivity contribution is -0.149. The van der Waals surface area contributed by atoms with Gasteiger partial charge < -0.3 is 14.2 Å². The van der Waals surface area contributed by atoms with Crippen molar-refractivity contribution in [1.29, 1.82) is 0 Å². The smallest absolute Gasteiger partial charge is 0.310 e. The predicted molar refractivity (Wildman–Crippen MR) is 123 cm³/mol. The Morgan fingerprint density at radius 2 is 2.13 bits per heavy atom. The first-order valence-electron chi connectivity index (χ1n) is 10.3. The molecule has 1 aliphatic heterocycles. The van der Waals surface area contributed by atoms with Crippen LogP contribution in [0.25, 0.3) is 10.2 Å². The molecule has 7 heteroatoms. The molecule has 4 rings (SSSR count). The number of piperidine rings is 1. The Bertz CT molecular complexity index is 1090. The number of likely N-dealkylation sites (tertiary alicyclic amines) is 1. The van der Waals surface area contributed by atoms with Crippen LogP contribution in [0.4, 0.5) is 0 Å². The Morgan fingerprint density at radius 3 is 2.90 bits per heavy atom. The number of thiophene rings is 1. The topological polar surface area (TPSA) is 51.5 Å². The first kappa shape index (κ1) is 21.1. The zero-order chi connectivity index (χ0) is 21.3. The summed E-state index contributed by atoms with van der Waals surface area (Å²) in [6.07, 6.45) is 1.58. The lowest BCUT2D eigenvalue weighted by atomic mass is 9.98. The lowest BCUT2D eigenvalue weighted by Crippen LogP contribution is -2.43. The third kappa shape index (κ3) is 4.18. The maximum atomic E-state index is 13.5. The molecule has 0 saturated carbocycles. The van der Waals surface area contributed by atoms with E-state index in [1.54, 1.807) is 11.3 Å². The molecule has 158 valence electrons. The van der Waals surface area contributed by atoms with Crippen molar-refractivity contribution in [3.63, 3.8) is 0 Å². The minimum absolute atomic E-state index is 0.0213. The molecule has 1 amide bonds. The third-order valence-corrected chi connectivity index (χ3v) is 7.37. The van der Waals surface area contributed by atoms with Gasteiger partial charge in [-0.25, -0.2) is 0 Å². The van der Waals surface area contributed by atoms with E-state index in [2.05, 4.69) is 51.0 Å². The number of rotatable bonds is 5. The number of esters is 1. The van der Waals surface area contributed by atoms with Crippen LogP contribution in [-0.4, -0.2) is 41.0 Å². The molecule has 1 fully saturated rings. The molecule has 0 radical (unpaired) electrons. The summed E-state index contributed by atoms with van der Waals surface area (Å²) in [4.78, 5) is 27.6. The second-order valence-corrected chi connectivity index (χ2v) is 9.51.